The van der Waals surface area contributed by atoms with Gasteiger partial charge in [-0.3, -0.25) is 4.79 Å². The highest BCUT2D eigenvalue weighted by atomic mass is 16.5. The zero-order chi connectivity index (χ0) is 16.2. The first-order chi connectivity index (χ1) is 11.2. The fraction of sp³-hybridized carbons (Fsp3) is 0.158. The molecule has 0 amide bonds. The minimum Gasteiger partial charge on any atom is -0.495 e. The van der Waals surface area contributed by atoms with Crippen molar-refractivity contribution in [1.29, 1.82) is 5.26 Å². The van der Waals surface area contributed by atoms with Crippen molar-refractivity contribution < 1.29 is 14.3 Å². The largest absolute Gasteiger partial charge is 0.495 e. The Kier molecular flexibility index (Phi) is 4.11. The smallest absolute Gasteiger partial charge is 0.192 e. The molecule has 0 N–H and O–H groups in total. The van der Waals surface area contributed by atoms with Gasteiger partial charge in [-0.2, -0.15) is 5.26 Å². The van der Waals surface area contributed by atoms with E-state index in [1.54, 1.807) is 24.3 Å². The Balaban J connectivity index is 2.00. The summed E-state index contributed by atoms with van der Waals surface area (Å²) in [7, 11) is 1.53. The average Bonchev–Trinajstić information content (AvgIpc) is 2.75. The second-order valence-electron chi connectivity index (χ2n) is 5.16. The molecule has 0 saturated heterocycles. The predicted molar refractivity (Wildman–Crippen MR) is 86.6 cm³/mol. The molecule has 0 bridgehead atoms. The summed E-state index contributed by atoms with van der Waals surface area (Å²) in [4.78, 5) is 12.7. The third-order valence-electron chi connectivity index (χ3n) is 3.74. The van der Waals surface area contributed by atoms with Gasteiger partial charge >= 0.3 is 0 Å². The lowest BCUT2D eigenvalue weighted by Crippen LogP contribution is -2.02. The van der Waals surface area contributed by atoms with E-state index in [0.29, 0.717) is 41.2 Å². The first-order valence-corrected chi connectivity index (χ1v) is 7.28. The van der Waals surface area contributed by atoms with Gasteiger partial charge in [-0.15, -0.1) is 0 Å². The van der Waals surface area contributed by atoms with Crippen LogP contribution in [0.15, 0.2) is 48.0 Å². The summed E-state index contributed by atoms with van der Waals surface area (Å²) >= 11 is 0. The summed E-state index contributed by atoms with van der Waals surface area (Å²) in [5.41, 5.74) is 2.49. The molecule has 2 aromatic rings. The summed E-state index contributed by atoms with van der Waals surface area (Å²) in [5, 5.41) is 9.17. The fourth-order valence-corrected chi connectivity index (χ4v) is 2.58. The van der Waals surface area contributed by atoms with Gasteiger partial charge in [0, 0.05) is 12.0 Å². The van der Waals surface area contributed by atoms with Crippen LogP contribution in [0, 0.1) is 11.3 Å². The number of hydrogen-bond donors (Lipinski definition) is 0. The number of nitrogens with zero attached hydrogens (tertiary/aromatic N) is 1. The molecule has 0 unspecified atom stereocenters. The summed E-state index contributed by atoms with van der Waals surface area (Å²) < 4.78 is 10.8. The topological polar surface area (TPSA) is 59.3 Å². The molecule has 3 rings (SSSR count). The predicted octanol–water partition coefficient (Wildman–Crippen LogP) is 3.62. The van der Waals surface area contributed by atoms with Crippen molar-refractivity contribution in [1.82, 2.24) is 0 Å². The second-order valence-corrected chi connectivity index (χ2v) is 5.16. The Labute approximate surface area is 134 Å². The maximum atomic E-state index is 12.7. The standard InChI is InChI=1S/C19H15NO3/c1-22-17-7-6-13(11-15(17)12-20)10-14-8-9-23-18-5-3-2-4-16(18)19(14)21/h2-7,10-11H,8-9H2,1H3. The Morgan fingerprint density at radius 1 is 1.26 bits per heavy atom. The van der Waals surface area contributed by atoms with Gasteiger partial charge in [-0.25, -0.2) is 0 Å². The third kappa shape index (κ3) is 2.95. The lowest BCUT2D eigenvalue weighted by molar-refractivity contribution is 0.103. The van der Waals surface area contributed by atoms with Crippen LogP contribution in [0.25, 0.3) is 6.08 Å². The molecule has 0 saturated carbocycles. The quantitative estimate of drug-likeness (QED) is 0.795. The van der Waals surface area contributed by atoms with E-state index in [2.05, 4.69) is 6.07 Å². The zero-order valence-electron chi connectivity index (χ0n) is 12.7. The van der Waals surface area contributed by atoms with Crippen molar-refractivity contribution in [3.05, 3.63) is 64.7 Å². The number of carbonyl (C=O) groups is 1. The summed E-state index contributed by atoms with van der Waals surface area (Å²) in [6.07, 6.45) is 2.34. The third-order valence-corrected chi connectivity index (χ3v) is 3.74. The number of methoxy groups -OCH3 is 1. The van der Waals surface area contributed by atoms with Crippen molar-refractivity contribution in [2.45, 2.75) is 6.42 Å². The van der Waals surface area contributed by atoms with E-state index in [-0.39, 0.29) is 5.78 Å². The molecular formula is C19H15NO3. The molecule has 1 aliphatic rings. The van der Waals surface area contributed by atoms with E-state index < -0.39 is 0 Å². The number of rotatable bonds is 2. The highest BCUT2D eigenvalue weighted by Gasteiger charge is 2.20. The van der Waals surface area contributed by atoms with Crippen LogP contribution in [0.5, 0.6) is 11.5 Å². The zero-order valence-corrected chi connectivity index (χ0v) is 12.7. The van der Waals surface area contributed by atoms with E-state index in [0.717, 1.165) is 5.56 Å². The number of nitriles is 1. The van der Waals surface area contributed by atoms with Gasteiger partial charge in [0.05, 0.1) is 24.8 Å². The van der Waals surface area contributed by atoms with Crippen LogP contribution < -0.4 is 9.47 Å². The first kappa shape index (κ1) is 14.9. The summed E-state index contributed by atoms with van der Waals surface area (Å²) in [6.45, 7) is 0.454. The van der Waals surface area contributed by atoms with E-state index in [4.69, 9.17) is 14.7 Å². The van der Waals surface area contributed by atoms with Crippen LogP contribution >= 0.6 is 0 Å². The minimum atomic E-state index is -0.0348. The monoisotopic (exact) mass is 305 g/mol. The maximum Gasteiger partial charge on any atom is 0.192 e. The Hall–Kier alpha value is -3.06. The van der Waals surface area contributed by atoms with Gasteiger partial charge in [-0.1, -0.05) is 18.2 Å². The van der Waals surface area contributed by atoms with Gasteiger partial charge in [0.25, 0.3) is 0 Å². The van der Waals surface area contributed by atoms with Crippen LogP contribution in [0.2, 0.25) is 0 Å². The number of hydrogen-bond acceptors (Lipinski definition) is 4. The molecule has 4 nitrogen and oxygen atoms in total. The molecule has 114 valence electrons. The molecule has 2 aromatic carbocycles. The normalized spacial score (nSPS) is 15.3. The molecule has 0 aromatic heterocycles. The maximum absolute atomic E-state index is 12.7. The molecule has 0 spiro atoms. The second kappa shape index (κ2) is 6.37. The Morgan fingerprint density at radius 3 is 2.87 bits per heavy atom. The van der Waals surface area contributed by atoms with Gasteiger partial charge in [0.1, 0.15) is 17.6 Å². The van der Waals surface area contributed by atoms with Crippen molar-refractivity contribution in [3.63, 3.8) is 0 Å². The molecule has 4 heteroatoms. The number of Topliss-reactive ketones (excluding diaryl/α,β-unsaturated/α-hetero) is 1. The Bertz CT molecular complexity index is 831. The lowest BCUT2D eigenvalue weighted by Gasteiger charge is -2.05. The van der Waals surface area contributed by atoms with Crippen molar-refractivity contribution in [2.24, 2.45) is 0 Å². The Morgan fingerprint density at radius 2 is 2.09 bits per heavy atom. The number of carbonyl (C=O) groups excluding carboxylic acids is 1. The lowest BCUT2D eigenvalue weighted by atomic mass is 9.98. The number of fused-ring (bicyclic) bond motifs is 1. The van der Waals surface area contributed by atoms with E-state index in [1.807, 2.05) is 24.3 Å². The molecule has 0 atom stereocenters. The van der Waals surface area contributed by atoms with Crippen LogP contribution in [0.3, 0.4) is 0 Å². The number of ketones is 1. The number of para-hydroxylation sites is 1. The van der Waals surface area contributed by atoms with Crippen LogP contribution in [-0.2, 0) is 0 Å². The molecule has 0 radical (unpaired) electrons. The van der Waals surface area contributed by atoms with Crippen LogP contribution in [-0.4, -0.2) is 19.5 Å². The summed E-state index contributed by atoms with van der Waals surface area (Å²) in [6, 6.07) is 14.6. The van der Waals surface area contributed by atoms with Crippen LogP contribution in [0.4, 0.5) is 0 Å². The van der Waals surface area contributed by atoms with Crippen molar-refractivity contribution >= 4 is 11.9 Å². The van der Waals surface area contributed by atoms with E-state index in [9.17, 15) is 4.79 Å². The van der Waals surface area contributed by atoms with Gasteiger partial charge < -0.3 is 9.47 Å². The SMILES string of the molecule is COc1ccc(C=C2CCOc3ccccc3C2=O)cc1C#N. The number of benzene rings is 2. The molecular weight excluding hydrogens is 290 g/mol. The summed E-state index contributed by atoms with van der Waals surface area (Å²) in [5.74, 6) is 1.11. The molecule has 23 heavy (non-hydrogen) atoms. The average molecular weight is 305 g/mol. The highest BCUT2D eigenvalue weighted by Crippen LogP contribution is 2.28. The fourth-order valence-electron chi connectivity index (χ4n) is 2.58. The van der Waals surface area contributed by atoms with Crippen molar-refractivity contribution in [2.75, 3.05) is 13.7 Å². The molecule has 1 heterocycles. The molecule has 0 fully saturated rings. The first-order valence-electron chi connectivity index (χ1n) is 7.28. The highest BCUT2D eigenvalue weighted by molar-refractivity contribution is 6.13. The molecule has 1 aliphatic heterocycles. The van der Waals surface area contributed by atoms with E-state index in [1.165, 1.54) is 7.11 Å². The van der Waals surface area contributed by atoms with Gasteiger partial charge in [0.15, 0.2) is 5.78 Å². The minimum absolute atomic E-state index is 0.0348. The number of ether oxygens (including phenoxy) is 2. The van der Waals surface area contributed by atoms with E-state index >= 15 is 0 Å². The van der Waals surface area contributed by atoms with Gasteiger partial charge in [-0.05, 0) is 35.9 Å². The molecule has 0 aliphatic carbocycles. The van der Waals surface area contributed by atoms with Gasteiger partial charge in [0.2, 0.25) is 0 Å². The van der Waals surface area contributed by atoms with Crippen LogP contribution in [0.1, 0.15) is 27.9 Å². The van der Waals surface area contributed by atoms with Crippen molar-refractivity contribution in [3.8, 4) is 17.6 Å².